The number of aromatic nitrogens is 4. The zero-order valence-corrected chi connectivity index (χ0v) is 16.0. The number of hydrogen-bond donors (Lipinski definition) is 0. The van der Waals surface area contributed by atoms with Gasteiger partial charge in [0.2, 0.25) is 0 Å². The van der Waals surface area contributed by atoms with Crippen LogP contribution in [0.15, 0.2) is 40.9 Å². The molecule has 0 N–H and O–H groups in total. The van der Waals surface area contributed by atoms with Crippen LogP contribution in [0.3, 0.4) is 0 Å². The Hall–Kier alpha value is -2.93. The molecule has 0 aliphatic rings. The molecule has 1 aromatic carbocycles. The quantitative estimate of drug-likeness (QED) is 0.468. The highest BCUT2D eigenvalue weighted by atomic mass is 35.5. The van der Waals surface area contributed by atoms with Gasteiger partial charge in [-0.15, -0.1) is 0 Å². The van der Waals surface area contributed by atoms with Gasteiger partial charge in [0.05, 0.1) is 11.4 Å². The van der Waals surface area contributed by atoms with Gasteiger partial charge in [-0.25, -0.2) is 9.48 Å². The maximum absolute atomic E-state index is 12.0. The standard InChI is InChI=1S/C19H19ClN4O3/c1-12(2)19-21-16(27-23-19)11-26-17(25)10-9-15-13(3)22-24(18(15)20)14-7-5-4-6-8-14/h4-10,12H,11H2,1-3H3. The predicted molar refractivity (Wildman–Crippen MR) is 101 cm³/mol. The molecule has 0 bridgehead atoms. The van der Waals surface area contributed by atoms with Crippen LogP contribution in [0.4, 0.5) is 0 Å². The molecule has 0 saturated heterocycles. The summed E-state index contributed by atoms with van der Waals surface area (Å²) in [6.07, 6.45) is 2.88. The van der Waals surface area contributed by atoms with Crippen molar-refractivity contribution >= 4 is 23.6 Å². The van der Waals surface area contributed by atoms with Gasteiger partial charge >= 0.3 is 5.97 Å². The fraction of sp³-hybridized carbons (Fsp3) is 0.263. The third-order valence-corrected chi connectivity index (χ3v) is 4.14. The predicted octanol–water partition coefficient (Wildman–Crippen LogP) is 4.10. The van der Waals surface area contributed by atoms with Crippen molar-refractivity contribution in [3.8, 4) is 5.69 Å². The summed E-state index contributed by atoms with van der Waals surface area (Å²) in [5.74, 6) is 0.436. The van der Waals surface area contributed by atoms with E-state index in [0.29, 0.717) is 22.2 Å². The average Bonchev–Trinajstić information content (AvgIpc) is 3.24. The first-order chi connectivity index (χ1) is 13.0. The van der Waals surface area contributed by atoms with Crippen molar-refractivity contribution in [1.29, 1.82) is 0 Å². The van der Waals surface area contributed by atoms with Gasteiger partial charge in [-0.3, -0.25) is 0 Å². The second-order valence-corrected chi connectivity index (χ2v) is 6.54. The summed E-state index contributed by atoms with van der Waals surface area (Å²) in [5.41, 5.74) is 2.19. The Kier molecular flexibility index (Phi) is 5.71. The molecule has 0 unspecified atom stereocenters. The number of ether oxygens (including phenoxy) is 1. The number of halogens is 1. The van der Waals surface area contributed by atoms with Crippen molar-refractivity contribution in [2.45, 2.75) is 33.3 Å². The van der Waals surface area contributed by atoms with E-state index in [9.17, 15) is 4.79 Å². The van der Waals surface area contributed by atoms with Crippen LogP contribution < -0.4 is 0 Å². The lowest BCUT2D eigenvalue weighted by Crippen LogP contribution is -2.01. The van der Waals surface area contributed by atoms with E-state index in [4.69, 9.17) is 20.9 Å². The number of aryl methyl sites for hydroxylation is 1. The van der Waals surface area contributed by atoms with Gasteiger partial charge < -0.3 is 9.26 Å². The summed E-state index contributed by atoms with van der Waals surface area (Å²) in [7, 11) is 0. The molecule has 3 aromatic rings. The van der Waals surface area contributed by atoms with Crippen molar-refractivity contribution in [2.75, 3.05) is 0 Å². The van der Waals surface area contributed by atoms with Gasteiger partial charge in [0.1, 0.15) is 5.15 Å². The summed E-state index contributed by atoms with van der Waals surface area (Å²) < 4.78 is 11.8. The molecule has 3 rings (SSSR count). The molecule has 2 aromatic heterocycles. The molecule has 0 saturated carbocycles. The van der Waals surface area contributed by atoms with Crippen LogP contribution >= 0.6 is 11.6 Å². The van der Waals surface area contributed by atoms with Gasteiger partial charge in [0, 0.05) is 17.6 Å². The summed E-state index contributed by atoms with van der Waals surface area (Å²) in [4.78, 5) is 16.1. The van der Waals surface area contributed by atoms with E-state index in [0.717, 1.165) is 5.69 Å². The molecule has 7 nitrogen and oxygen atoms in total. The number of esters is 1. The van der Waals surface area contributed by atoms with Gasteiger partial charge in [-0.2, -0.15) is 10.1 Å². The van der Waals surface area contributed by atoms with E-state index in [2.05, 4.69) is 15.2 Å². The number of hydrogen-bond acceptors (Lipinski definition) is 6. The van der Waals surface area contributed by atoms with E-state index < -0.39 is 5.97 Å². The smallest absolute Gasteiger partial charge is 0.331 e. The topological polar surface area (TPSA) is 83.0 Å². The lowest BCUT2D eigenvalue weighted by Gasteiger charge is -2.02. The molecule has 2 heterocycles. The molecule has 0 aliphatic carbocycles. The molecule has 140 valence electrons. The summed E-state index contributed by atoms with van der Waals surface area (Å²) in [6.45, 7) is 5.64. The number of nitrogens with zero attached hydrogens (tertiary/aromatic N) is 4. The molecule has 0 aliphatic heterocycles. The summed E-state index contributed by atoms with van der Waals surface area (Å²) >= 11 is 6.42. The zero-order valence-electron chi connectivity index (χ0n) is 15.2. The second kappa shape index (κ2) is 8.18. The van der Waals surface area contributed by atoms with Gasteiger partial charge in [-0.05, 0) is 25.1 Å². The molecular weight excluding hydrogens is 368 g/mol. The van der Waals surface area contributed by atoms with Crippen molar-refractivity contribution in [2.24, 2.45) is 0 Å². The minimum atomic E-state index is -0.540. The van der Waals surface area contributed by atoms with Gasteiger partial charge in [-0.1, -0.05) is 48.8 Å². The van der Waals surface area contributed by atoms with Crippen LogP contribution in [-0.2, 0) is 16.1 Å². The Labute approximate surface area is 161 Å². The van der Waals surface area contributed by atoms with Crippen molar-refractivity contribution < 1.29 is 14.1 Å². The first-order valence-electron chi connectivity index (χ1n) is 8.43. The molecule has 0 fully saturated rings. The largest absolute Gasteiger partial charge is 0.452 e. The second-order valence-electron chi connectivity index (χ2n) is 6.18. The first-order valence-corrected chi connectivity index (χ1v) is 8.81. The minimum Gasteiger partial charge on any atom is -0.452 e. The molecule has 8 heteroatoms. The van der Waals surface area contributed by atoms with Crippen molar-refractivity contribution in [3.63, 3.8) is 0 Å². The zero-order chi connectivity index (χ0) is 19.4. The lowest BCUT2D eigenvalue weighted by molar-refractivity contribution is -0.139. The maximum atomic E-state index is 12.0. The summed E-state index contributed by atoms with van der Waals surface area (Å²) in [5, 5.41) is 8.66. The lowest BCUT2D eigenvalue weighted by atomic mass is 10.2. The molecule has 0 amide bonds. The molecule has 27 heavy (non-hydrogen) atoms. The summed E-state index contributed by atoms with van der Waals surface area (Å²) in [6, 6.07) is 9.51. The molecular formula is C19H19ClN4O3. The highest BCUT2D eigenvalue weighted by molar-refractivity contribution is 6.31. The molecule has 0 atom stereocenters. The Bertz CT molecular complexity index is 961. The number of para-hydroxylation sites is 1. The third kappa shape index (κ3) is 4.43. The van der Waals surface area contributed by atoms with Crippen LogP contribution in [0.5, 0.6) is 0 Å². The third-order valence-electron chi connectivity index (χ3n) is 3.77. The Morgan fingerprint density at radius 1 is 1.33 bits per heavy atom. The number of carbonyl (C=O) groups excluding carboxylic acids is 1. The minimum absolute atomic E-state index is 0.0844. The van der Waals surface area contributed by atoms with Gasteiger partial charge in [0.15, 0.2) is 12.4 Å². The Balaban J connectivity index is 1.66. The highest BCUT2D eigenvalue weighted by Gasteiger charge is 2.14. The van der Waals surface area contributed by atoms with Crippen molar-refractivity contribution in [1.82, 2.24) is 19.9 Å². The molecule has 0 spiro atoms. The van der Waals surface area contributed by atoms with E-state index in [1.807, 2.05) is 51.1 Å². The fourth-order valence-corrected chi connectivity index (χ4v) is 2.67. The number of benzene rings is 1. The SMILES string of the molecule is Cc1nn(-c2ccccc2)c(Cl)c1C=CC(=O)OCc1nc(C(C)C)no1. The average molecular weight is 387 g/mol. The van der Waals surface area contributed by atoms with E-state index in [-0.39, 0.29) is 18.4 Å². The van der Waals surface area contributed by atoms with Crippen LogP contribution in [0.1, 0.15) is 42.7 Å². The van der Waals surface area contributed by atoms with Crippen LogP contribution in [-0.4, -0.2) is 25.9 Å². The normalized spacial score (nSPS) is 11.4. The number of rotatable bonds is 6. The van der Waals surface area contributed by atoms with Crippen LogP contribution in [0, 0.1) is 6.92 Å². The highest BCUT2D eigenvalue weighted by Crippen LogP contribution is 2.24. The number of carbonyl (C=O) groups is 1. The fourth-order valence-electron chi connectivity index (χ4n) is 2.33. The monoisotopic (exact) mass is 386 g/mol. The Morgan fingerprint density at radius 3 is 2.74 bits per heavy atom. The Morgan fingerprint density at radius 2 is 2.07 bits per heavy atom. The maximum Gasteiger partial charge on any atom is 0.331 e. The van der Waals surface area contributed by atoms with E-state index >= 15 is 0 Å². The van der Waals surface area contributed by atoms with Crippen molar-refractivity contribution in [3.05, 3.63) is 64.5 Å². The van der Waals surface area contributed by atoms with Crippen LogP contribution in [0.2, 0.25) is 5.15 Å². The van der Waals surface area contributed by atoms with E-state index in [1.165, 1.54) is 6.08 Å². The van der Waals surface area contributed by atoms with E-state index in [1.54, 1.807) is 10.8 Å². The van der Waals surface area contributed by atoms with Gasteiger partial charge in [0.25, 0.3) is 5.89 Å². The van der Waals surface area contributed by atoms with Crippen LogP contribution in [0.25, 0.3) is 11.8 Å². The molecule has 0 radical (unpaired) electrons. The first kappa shape index (κ1) is 18.8.